The van der Waals surface area contributed by atoms with Gasteiger partial charge in [0, 0.05) is 25.3 Å². The van der Waals surface area contributed by atoms with Crippen LogP contribution in [0.15, 0.2) is 11.0 Å². The predicted octanol–water partition coefficient (Wildman–Crippen LogP) is -0.221. The molecule has 1 unspecified atom stereocenters. The summed E-state index contributed by atoms with van der Waals surface area (Å²) in [6.07, 6.45) is -1.39. The Kier molecular flexibility index (Phi) is 6.73. The van der Waals surface area contributed by atoms with Gasteiger partial charge in [0.05, 0.1) is 12.7 Å². The van der Waals surface area contributed by atoms with Crippen LogP contribution in [0.2, 0.25) is 0 Å². The predicted molar refractivity (Wildman–Crippen MR) is 92.6 cm³/mol. The Morgan fingerprint density at radius 1 is 1.50 bits per heavy atom. The molecule has 1 aromatic heterocycles. The molecule has 26 heavy (non-hydrogen) atoms. The molecule has 12 nitrogen and oxygen atoms in total. The van der Waals surface area contributed by atoms with E-state index in [0.717, 1.165) is 11.7 Å². The van der Waals surface area contributed by atoms with Crippen LogP contribution in [0.1, 0.15) is 18.2 Å². The van der Waals surface area contributed by atoms with Crippen LogP contribution in [0.3, 0.4) is 0 Å². The van der Waals surface area contributed by atoms with Crippen molar-refractivity contribution in [1.29, 1.82) is 0 Å². The average molecular weight is 431 g/mol. The van der Waals surface area contributed by atoms with E-state index in [4.69, 9.17) is 41.1 Å². The van der Waals surface area contributed by atoms with Crippen molar-refractivity contribution in [3.8, 4) is 0 Å². The van der Waals surface area contributed by atoms with Gasteiger partial charge in [0.1, 0.15) is 18.1 Å². The van der Waals surface area contributed by atoms with Gasteiger partial charge in [-0.15, -0.1) is 0 Å². The number of phosphoric ester groups is 1. The van der Waals surface area contributed by atoms with Gasteiger partial charge in [-0.2, -0.15) is 4.98 Å². The molecule has 1 aliphatic rings. The normalized spacial score (nSPS) is 26.0. The summed E-state index contributed by atoms with van der Waals surface area (Å²) in [4.78, 5) is 43.3. The van der Waals surface area contributed by atoms with Crippen molar-refractivity contribution in [2.24, 2.45) is 0 Å². The van der Waals surface area contributed by atoms with Crippen molar-refractivity contribution in [1.82, 2.24) is 9.55 Å². The molecule has 0 radical (unpaired) electrons. The van der Waals surface area contributed by atoms with Gasteiger partial charge in [-0.25, -0.2) is 9.36 Å². The quantitative estimate of drug-likeness (QED) is 0.418. The topological polar surface area (TPSA) is 176 Å². The third-order valence-electron chi connectivity index (χ3n) is 3.57. The Balaban J connectivity index is 2.26. The van der Waals surface area contributed by atoms with Crippen LogP contribution in [0.25, 0.3) is 0 Å². The third-order valence-corrected chi connectivity index (χ3v) is 5.76. The Morgan fingerprint density at radius 2 is 2.15 bits per heavy atom. The average Bonchev–Trinajstić information content (AvgIpc) is 2.90. The van der Waals surface area contributed by atoms with Crippen molar-refractivity contribution >= 4 is 32.2 Å². The summed E-state index contributed by atoms with van der Waals surface area (Å²) in [5.41, 5.74) is 5.44. The van der Waals surface area contributed by atoms with Crippen LogP contribution in [0.4, 0.5) is 5.82 Å². The number of aryl methyl sites for hydroxylation is 1. The molecule has 1 saturated heterocycles. The lowest BCUT2D eigenvalue weighted by atomic mass is 10.2. The van der Waals surface area contributed by atoms with Crippen LogP contribution in [0, 0.1) is 6.92 Å². The maximum Gasteiger partial charge on any atom is 0.469 e. The number of nitrogen functional groups attached to an aromatic ring is 1. The van der Waals surface area contributed by atoms with E-state index in [1.165, 1.54) is 6.20 Å². The fourth-order valence-corrected chi connectivity index (χ4v) is 3.62. The summed E-state index contributed by atoms with van der Waals surface area (Å²) >= 11 is 4.79. The first kappa shape index (κ1) is 21.6. The summed E-state index contributed by atoms with van der Waals surface area (Å²) in [5, 5.41) is 0. The largest absolute Gasteiger partial charge is 0.469 e. The second kappa shape index (κ2) is 8.11. The number of hydrogen-bond acceptors (Lipinski definition) is 9. The van der Waals surface area contributed by atoms with Crippen molar-refractivity contribution in [2.75, 3.05) is 19.5 Å². The molecular weight excluding hydrogens is 412 g/mol. The SMILES string of the molecule is COP(O)(=S)O[C@@H]1C[C@H](n2cc(C)c(N)nc2=O)O[C@@H]1COP(=O)(O)O. The molecule has 0 aliphatic carbocycles. The van der Waals surface area contributed by atoms with Gasteiger partial charge < -0.3 is 34.2 Å². The third kappa shape index (κ3) is 5.64. The molecule has 1 fully saturated rings. The van der Waals surface area contributed by atoms with E-state index in [2.05, 4.69) is 9.51 Å². The molecule has 1 aliphatic heterocycles. The van der Waals surface area contributed by atoms with Gasteiger partial charge in [-0.1, -0.05) is 0 Å². The number of hydrogen-bond donors (Lipinski definition) is 4. The van der Waals surface area contributed by atoms with Gasteiger partial charge >= 0.3 is 20.2 Å². The van der Waals surface area contributed by atoms with Gasteiger partial charge in [-0.05, 0) is 18.7 Å². The summed E-state index contributed by atoms with van der Waals surface area (Å²) in [7, 11) is -3.60. The minimum absolute atomic E-state index is 0.0302. The van der Waals surface area contributed by atoms with Crippen molar-refractivity contribution in [3.63, 3.8) is 0 Å². The van der Waals surface area contributed by atoms with Crippen LogP contribution >= 0.6 is 14.5 Å². The van der Waals surface area contributed by atoms with E-state index in [9.17, 15) is 14.3 Å². The van der Waals surface area contributed by atoms with Crippen molar-refractivity contribution in [2.45, 2.75) is 31.8 Å². The first-order valence-electron chi connectivity index (χ1n) is 7.19. The van der Waals surface area contributed by atoms with Gasteiger partial charge in [-0.3, -0.25) is 9.09 Å². The Morgan fingerprint density at radius 3 is 2.73 bits per heavy atom. The maximum atomic E-state index is 12.1. The number of aromatic nitrogens is 2. The molecule has 2 heterocycles. The zero-order valence-corrected chi connectivity index (χ0v) is 16.4. The highest BCUT2D eigenvalue weighted by Crippen LogP contribution is 2.48. The Bertz CT molecular complexity index is 813. The first-order chi connectivity index (χ1) is 11.9. The van der Waals surface area contributed by atoms with E-state index in [1.54, 1.807) is 6.92 Å². The fraction of sp³-hybridized carbons (Fsp3) is 0.636. The number of phosphoric acid groups is 1. The molecule has 5 N–H and O–H groups in total. The molecule has 15 heteroatoms. The molecule has 148 valence electrons. The van der Waals surface area contributed by atoms with Crippen LogP contribution in [-0.4, -0.2) is 50.2 Å². The molecule has 2 rings (SSSR count). The second-order valence-electron chi connectivity index (χ2n) is 5.45. The maximum absolute atomic E-state index is 12.1. The lowest BCUT2D eigenvalue weighted by Gasteiger charge is -2.22. The van der Waals surface area contributed by atoms with E-state index in [0.29, 0.717) is 5.56 Å². The number of nitrogens with zero attached hydrogens (tertiary/aromatic N) is 2. The minimum Gasteiger partial charge on any atom is -0.383 e. The second-order valence-corrected chi connectivity index (χ2v) is 9.58. The molecule has 4 atom stereocenters. The highest BCUT2D eigenvalue weighted by molar-refractivity contribution is 8.07. The summed E-state index contributed by atoms with van der Waals surface area (Å²) in [5.74, 6) is 0.0728. The lowest BCUT2D eigenvalue weighted by molar-refractivity contribution is -0.0430. The number of nitrogens with two attached hydrogens (primary N) is 1. The standard InChI is InChI=1S/C11H19N3O9P2S/c1-6-4-14(11(15)13-10(6)12)9-3-7(23-25(19,26)20-2)8(22-9)5-21-24(16,17)18/h4,7-9H,3,5H2,1-2H3,(H,19,26)(H2,12,13,15)(H2,16,17,18)/t7-,8-,9-,25?/m1/s1. The highest BCUT2D eigenvalue weighted by Gasteiger charge is 2.41. The van der Waals surface area contributed by atoms with Crippen LogP contribution in [0.5, 0.6) is 0 Å². The minimum atomic E-state index is -4.76. The molecule has 0 amide bonds. The molecule has 0 spiro atoms. The summed E-state index contributed by atoms with van der Waals surface area (Å²) < 4.78 is 32.2. The van der Waals surface area contributed by atoms with E-state index >= 15 is 0 Å². The van der Waals surface area contributed by atoms with E-state index in [-0.39, 0.29) is 12.2 Å². The zero-order valence-electron chi connectivity index (χ0n) is 13.8. The number of rotatable bonds is 7. The summed E-state index contributed by atoms with van der Waals surface area (Å²) in [6, 6.07) is 0. The van der Waals surface area contributed by atoms with Gasteiger partial charge in [0.15, 0.2) is 0 Å². The highest BCUT2D eigenvalue weighted by atomic mass is 32.5. The van der Waals surface area contributed by atoms with Gasteiger partial charge in [0.2, 0.25) is 0 Å². The molecular formula is C11H19N3O9P2S. The molecule has 0 saturated carbocycles. The smallest absolute Gasteiger partial charge is 0.383 e. The van der Waals surface area contributed by atoms with Crippen LogP contribution in [-0.2, 0) is 34.7 Å². The Labute approximate surface area is 153 Å². The first-order valence-corrected chi connectivity index (χ1v) is 11.3. The number of anilines is 1. The van der Waals surface area contributed by atoms with Gasteiger partial charge in [0.25, 0.3) is 0 Å². The van der Waals surface area contributed by atoms with E-state index in [1.807, 2.05) is 0 Å². The monoisotopic (exact) mass is 431 g/mol. The fourth-order valence-electron chi connectivity index (χ4n) is 2.30. The summed E-state index contributed by atoms with van der Waals surface area (Å²) in [6.45, 7) is -2.50. The molecule has 0 bridgehead atoms. The van der Waals surface area contributed by atoms with E-state index < -0.39 is 45.3 Å². The molecule has 0 aromatic carbocycles. The Hall–Kier alpha value is -0.720. The van der Waals surface area contributed by atoms with Crippen molar-refractivity contribution in [3.05, 3.63) is 22.2 Å². The zero-order chi connectivity index (χ0) is 19.7. The number of ether oxygens (including phenoxy) is 1. The molecule has 1 aromatic rings. The lowest BCUT2D eigenvalue weighted by Crippen LogP contribution is -2.29. The van der Waals surface area contributed by atoms with Crippen LogP contribution < -0.4 is 11.4 Å². The van der Waals surface area contributed by atoms with Crippen molar-refractivity contribution < 1.29 is 37.6 Å².